The largest absolute Gasteiger partial charge is 0.376 e. The van der Waals surface area contributed by atoms with Crippen LogP contribution in [0.25, 0.3) is 0 Å². The minimum absolute atomic E-state index is 0.0379. The highest BCUT2D eigenvalue weighted by atomic mass is 35.5. The molecule has 6 heteroatoms. The molecule has 2 aromatic carbocycles. The predicted octanol–water partition coefficient (Wildman–Crippen LogP) is 4.44. The summed E-state index contributed by atoms with van der Waals surface area (Å²) < 4.78 is 0. The molecular weight excluding hydrogens is 338 g/mol. The Balaban J connectivity index is 1.92. The summed E-state index contributed by atoms with van der Waals surface area (Å²) in [5, 5.41) is 9.34. The molecule has 0 aliphatic carbocycles. The average molecular weight is 360 g/mol. The fourth-order valence-electron chi connectivity index (χ4n) is 2.30. The van der Waals surface area contributed by atoms with Crippen LogP contribution in [0.1, 0.15) is 25.3 Å². The van der Waals surface area contributed by atoms with Crippen molar-refractivity contribution >= 4 is 40.5 Å². The van der Waals surface area contributed by atoms with Crippen LogP contribution in [0.15, 0.2) is 42.5 Å². The molecule has 0 radical (unpaired) electrons. The van der Waals surface area contributed by atoms with Gasteiger partial charge in [-0.25, -0.2) is 0 Å². The minimum atomic E-state index is -0.184. The molecule has 25 heavy (non-hydrogen) atoms. The van der Waals surface area contributed by atoms with Gasteiger partial charge in [-0.15, -0.1) is 0 Å². The summed E-state index contributed by atoms with van der Waals surface area (Å²) in [5.41, 5.74) is 3.01. The average Bonchev–Trinajstić information content (AvgIpc) is 2.56. The lowest BCUT2D eigenvalue weighted by Gasteiger charge is -2.12. The van der Waals surface area contributed by atoms with Crippen molar-refractivity contribution in [3.05, 3.63) is 53.1 Å². The van der Waals surface area contributed by atoms with E-state index in [1.54, 1.807) is 30.3 Å². The third kappa shape index (κ3) is 5.80. The molecule has 0 saturated heterocycles. The first-order chi connectivity index (χ1) is 12.0. The van der Waals surface area contributed by atoms with Crippen LogP contribution in [0, 0.1) is 6.92 Å². The molecule has 0 saturated carbocycles. The van der Waals surface area contributed by atoms with E-state index in [2.05, 4.69) is 16.0 Å². The lowest BCUT2D eigenvalue weighted by Crippen LogP contribution is -2.22. The van der Waals surface area contributed by atoms with E-state index in [4.69, 9.17) is 11.6 Å². The maximum Gasteiger partial charge on any atom is 0.243 e. The van der Waals surface area contributed by atoms with Crippen LogP contribution in [0.5, 0.6) is 0 Å². The summed E-state index contributed by atoms with van der Waals surface area (Å²) in [4.78, 5) is 23.8. The highest BCUT2D eigenvalue weighted by Crippen LogP contribution is 2.22. The molecule has 2 rings (SSSR count). The fourth-order valence-corrected chi connectivity index (χ4v) is 2.48. The molecule has 0 fully saturated rings. The summed E-state index contributed by atoms with van der Waals surface area (Å²) >= 11 is 6.07. The van der Waals surface area contributed by atoms with E-state index in [9.17, 15) is 9.59 Å². The summed E-state index contributed by atoms with van der Waals surface area (Å²) in [6, 6.07) is 12.6. The maximum absolute atomic E-state index is 12.1. The smallest absolute Gasteiger partial charge is 0.243 e. The van der Waals surface area contributed by atoms with Crippen LogP contribution in [0.4, 0.5) is 17.1 Å². The highest BCUT2D eigenvalue weighted by molar-refractivity contribution is 6.31. The second kappa shape index (κ2) is 9.08. The Morgan fingerprint density at radius 2 is 1.64 bits per heavy atom. The third-order valence-electron chi connectivity index (χ3n) is 3.61. The fraction of sp³-hybridized carbons (Fsp3) is 0.263. The summed E-state index contributed by atoms with van der Waals surface area (Å²) in [5.74, 6) is -0.222. The van der Waals surface area contributed by atoms with Crippen LogP contribution < -0.4 is 16.0 Å². The van der Waals surface area contributed by atoms with E-state index in [0.29, 0.717) is 22.8 Å². The van der Waals surface area contributed by atoms with E-state index in [-0.39, 0.29) is 18.4 Å². The van der Waals surface area contributed by atoms with Gasteiger partial charge in [0.2, 0.25) is 11.8 Å². The number of nitrogens with one attached hydrogen (secondary N) is 3. The van der Waals surface area contributed by atoms with Gasteiger partial charge in [-0.05, 0) is 49.2 Å². The molecule has 5 nitrogen and oxygen atoms in total. The van der Waals surface area contributed by atoms with Crippen molar-refractivity contribution in [3.63, 3.8) is 0 Å². The Hall–Kier alpha value is -2.53. The van der Waals surface area contributed by atoms with Crippen LogP contribution in [0.2, 0.25) is 5.02 Å². The molecule has 0 spiro atoms. The van der Waals surface area contributed by atoms with E-state index >= 15 is 0 Å². The van der Waals surface area contributed by atoms with Crippen molar-refractivity contribution in [2.24, 2.45) is 0 Å². The normalized spacial score (nSPS) is 10.2. The van der Waals surface area contributed by atoms with Crippen LogP contribution in [-0.4, -0.2) is 18.4 Å². The Morgan fingerprint density at radius 1 is 1.00 bits per heavy atom. The number of hydrogen-bond acceptors (Lipinski definition) is 3. The Morgan fingerprint density at radius 3 is 2.32 bits per heavy atom. The van der Waals surface area contributed by atoms with Gasteiger partial charge >= 0.3 is 0 Å². The second-order valence-electron chi connectivity index (χ2n) is 5.69. The first-order valence-electron chi connectivity index (χ1n) is 8.18. The molecular formula is C19H22ClN3O2. The Kier molecular flexibility index (Phi) is 6.83. The lowest BCUT2D eigenvalue weighted by atomic mass is 10.2. The first kappa shape index (κ1) is 18.8. The lowest BCUT2D eigenvalue weighted by molar-refractivity contribution is -0.116. The van der Waals surface area contributed by atoms with Crippen LogP contribution in [0.3, 0.4) is 0 Å². The number of amides is 2. The number of carbonyl (C=O) groups is 2. The van der Waals surface area contributed by atoms with Gasteiger partial charge in [-0.1, -0.05) is 30.7 Å². The van der Waals surface area contributed by atoms with E-state index in [0.717, 1.165) is 17.7 Å². The minimum Gasteiger partial charge on any atom is -0.376 e. The maximum atomic E-state index is 12.1. The highest BCUT2D eigenvalue weighted by Gasteiger charge is 2.07. The molecule has 3 N–H and O–H groups in total. The monoisotopic (exact) mass is 359 g/mol. The first-order valence-corrected chi connectivity index (χ1v) is 8.56. The van der Waals surface area contributed by atoms with Gasteiger partial charge in [0.05, 0.1) is 6.54 Å². The summed E-state index contributed by atoms with van der Waals surface area (Å²) in [7, 11) is 0. The van der Waals surface area contributed by atoms with Crippen molar-refractivity contribution in [3.8, 4) is 0 Å². The zero-order valence-electron chi connectivity index (χ0n) is 14.4. The van der Waals surface area contributed by atoms with E-state index in [1.807, 2.05) is 26.0 Å². The third-order valence-corrected chi connectivity index (χ3v) is 4.02. The number of benzene rings is 2. The van der Waals surface area contributed by atoms with Crippen molar-refractivity contribution in [2.75, 3.05) is 22.5 Å². The molecule has 0 heterocycles. The number of rotatable bonds is 7. The predicted molar refractivity (Wildman–Crippen MR) is 103 cm³/mol. The van der Waals surface area contributed by atoms with Gasteiger partial charge in [0.1, 0.15) is 0 Å². The number of carbonyl (C=O) groups excluding carboxylic acids is 2. The zero-order valence-corrected chi connectivity index (χ0v) is 15.1. The standard InChI is InChI=1S/C19H22ClN3O2/c1-3-6-18(24)22-14-7-4-8-15(11-14)23-19(25)12-21-17-10-5-9-16(20)13(17)2/h4-5,7-11,21H,3,6,12H2,1-2H3,(H,22,24)(H,23,25). The molecule has 0 atom stereocenters. The number of anilines is 3. The molecule has 2 aromatic rings. The SMILES string of the molecule is CCCC(=O)Nc1cccc(NC(=O)CNc2cccc(Cl)c2C)c1. The van der Waals surface area contributed by atoms with Gasteiger partial charge < -0.3 is 16.0 Å². The molecule has 132 valence electrons. The zero-order chi connectivity index (χ0) is 18.2. The van der Waals surface area contributed by atoms with Crippen molar-refractivity contribution < 1.29 is 9.59 Å². The molecule has 0 aliphatic rings. The molecule has 0 aliphatic heterocycles. The van der Waals surface area contributed by atoms with Gasteiger partial charge in [-0.3, -0.25) is 9.59 Å². The molecule has 2 amide bonds. The quantitative estimate of drug-likeness (QED) is 0.684. The summed E-state index contributed by atoms with van der Waals surface area (Å²) in [6.45, 7) is 3.96. The Bertz CT molecular complexity index is 762. The van der Waals surface area contributed by atoms with Crippen LogP contribution >= 0.6 is 11.6 Å². The summed E-state index contributed by atoms with van der Waals surface area (Å²) in [6.07, 6.45) is 1.26. The second-order valence-corrected chi connectivity index (χ2v) is 6.10. The van der Waals surface area contributed by atoms with Crippen molar-refractivity contribution in [1.29, 1.82) is 0 Å². The number of halogens is 1. The van der Waals surface area contributed by atoms with Crippen molar-refractivity contribution in [2.45, 2.75) is 26.7 Å². The Labute approximate surface area is 152 Å². The van der Waals surface area contributed by atoms with Gasteiger partial charge in [-0.2, -0.15) is 0 Å². The number of hydrogen-bond donors (Lipinski definition) is 3. The molecule has 0 bridgehead atoms. The topological polar surface area (TPSA) is 70.2 Å². The molecule has 0 unspecified atom stereocenters. The van der Waals surface area contributed by atoms with Gasteiger partial charge in [0.25, 0.3) is 0 Å². The van der Waals surface area contributed by atoms with Crippen LogP contribution in [-0.2, 0) is 9.59 Å². The van der Waals surface area contributed by atoms with E-state index < -0.39 is 0 Å². The van der Waals surface area contributed by atoms with Gasteiger partial charge in [0, 0.05) is 28.5 Å². The van der Waals surface area contributed by atoms with Gasteiger partial charge in [0.15, 0.2) is 0 Å². The van der Waals surface area contributed by atoms with Crippen molar-refractivity contribution in [1.82, 2.24) is 0 Å². The van der Waals surface area contributed by atoms with E-state index in [1.165, 1.54) is 0 Å². The molecule has 0 aromatic heterocycles.